The van der Waals surface area contributed by atoms with Crippen LogP contribution in [-0.2, 0) is 17.9 Å². The summed E-state index contributed by atoms with van der Waals surface area (Å²) < 4.78 is 45.2. The summed E-state index contributed by atoms with van der Waals surface area (Å²) in [7, 11) is 0. The van der Waals surface area contributed by atoms with Crippen molar-refractivity contribution in [3.8, 4) is 0 Å². The van der Waals surface area contributed by atoms with E-state index in [1.807, 2.05) is 30.3 Å². The first-order chi connectivity index (χ1) is 18.5. The molecule has 6 nitrogen and oxygen atoms in total. The quantitative estimate of drug-likeness (QED) is 0.355. The van der Waals surface area contributed by atoms with E-state index in [9.17, 15) is 22.4 Å². The molecule has 1 saturated heterocycles. The lowest BCUT2D eigenvalue weighted by atomic mass is 10.1. The largest absolute Gasteiger partial charge is 0.490 e. The number of nitrogens with one attached hydrogen (secondary N) is 1. The lowest BCUT2D eigenvalue weighted by Gasteiger charge is -2.22. The van der Waals surface area contributed by atoms with Crippen molar-refractivity contribution in [3.63, 3.8) is 0 Å². The number of hydrogen-bond acceptors (Lipinski definition) is 4. The summed E-state index contributed by atoms with van der Waals surface area (Å²) in [5.41, 5.74) is 3.55. The van der Waals surface area contributed by atoms with Gasteiger partial charge in [0, 0.05) is 42.5 Å². The third-order valence-corrected chi connectivity index (χ3v) is 6.20. The van der Waals surface area contributed by atoms with Crippen molar-refractivity contribution in [1.29, 1.82) is 0 Å². The predicted molar refractivity (Wildman–Crippen MR) is 141 cm³/mol. The molecule has 11 heteroatoms. The summed E-state index contributed by atoms with van der Waals surface area (Å²) in [4.78, 5) is 26.2. The van der Waals surface area contributed by atoms with Crippen molar-refractivity contribution in [2.24, 2.45) is 0 Å². The molecule has 2 N–H and O–H groups in total. The molecule has 0 spiro atoms. The fourth-order valence-electron chi connectivity index (χ4n) is 3.99. The molecule has 0 saturated carbocycles. The molecule has 0 aliphatic carbocycles. The molecular weight excluding hydrogens is 538 g/mol. The van der Waals surface area contributed by atoms with Gasteiger partial charge in [0.05, 0.1) is 0 Å². The third-order valence-electron chi connectivity index (χ3n) is 5.94. The average molecular weight is 566 g/mol. The minimum absolute atomic E-state index is 0.137. The zero-order valence-corrected chi connectivity index (χ0v) is 21.7. The first kappa shape index (κ1) is 30.1. The highest BCUT2D eigenvalue weighted by Gasteiger charge is 2.38. The van der Waals surface area contributed by atoms with Crippen LogP contribution in [0.3, 0.4) is 0 Å². The van der Waals surface area contributed by atoms with Gasteiger partial charge in [-0.25, -0.2) is 9.18 Å². The van der Waals surface area contributed by atoms with Gasteiger partial charge in [-0.05, 0) is 79.2 Å². The number of benzene rings is 3. The van der Waals surface area contributed by atoms with Gasteiger partial charge in [0.15, 0.2) is 0 Å². The van der Waals surface area contributed by atoms with Crippen molar-refractivity contribution in [2.45, 2.75) is 25.7 Å². The average Bonchev–Trinajstić information content (AvgIpc) is 3.10. The van der Waals surface area contributed by atoms with E-state index in [0.717, 1.165) is 56.9 Å². The zero-order valence-electron chi connectivity index (χ0n) is 20.9. The molecule has 0 unspecified atom stereocenters. The molecule has 208 valence electrons. The monoisotopic (exact) mass is 565 g/mol. The molecule has 3 aromatic carbocycles. The highest BCUT2D eigenvalue weighted by Crippen LogP contribution is 2.17. The summed E-state index contributed by atoms with van der Waals surface area (Å²) in [6.45, 7) is 5.59. The van der Waals surface area contributed by atoms with Gasteiger partial charge in [-0.3, -0.25) is 14.6 Å². The summed E-state index contributed by atoms with van der Waals surface area (Å²) in [5, 5.41) is 10.6. The second-order valence-electron chi connectivity index (χ2n) is 9.00. The van der Waals surface area contributed by atoms with Gasteiger partial charge in [0.2, 0.25) is 0 Å². The van der Waals surface area contributed by atoms with E-state index in [2.05, 4.69) is 15.1 Å². The molecule has 1 heterocycles. The Balaban J connectivity index is 0.000000532. The van der Waals surface area contributed by atoms with Gasteiger partial charge in [0.1, 0.15) is 5.82 Å². The number of hydrogen-bond donors (Lipinski definition) is 2. The highest BCUT2D eigenvalue weighted by molar-refractivity contribution is 6.30. The Hall–Kier alpha value is -3.47. The van der Waals surface area contributed by atoms with Crippen LogP contribution in [0.5, 0.6) is 0 Å². The van der Waals surface area contributed by atoms with Crippen LogP contribution in [0.1, 0.15) is 27.9 Å². The van der Waals surface area contributed by atoms with Crippen molar-refractivity contribution < 1.29 is 32.3 Å². The second kappa shape index (κ2) is 14.1. The first-order valence-corrected chi connectivity index (χ1v) is 12.5. The molecule has 0 aromatic heterocycles. The van der Waals surface area contributed by atoms with Crippen molar-refractivity contribution in [3.05, 3.63) is 100 Å². The number of carbonyl (C=O) groups is 2. The van der Waals surface area contributed by atoms with E-state index < -0.39 is 12.1 Å². The molecule has 1 fully saturated rings. The molecule has 1 amide bonds. The van der Waals surface area contributed by atoms with E-state index in [4.69, 9.17) is 21.5 Å². The lowest BCUT2D eigenvalue weighted by molar-refractivity contribution is -0.192. The SMILES string of the molecule is O=C(Nc1ccc(Cl)cc1)c1ccc(CN2CCCN(Cc3cccc(F)c3)CC2)cc1.O=C(O)C(F)(F)F. The van der Waals surface area contributed by atoms with Crippen molar-refractivity contribution in [2.75, 3.05) is 31.5 Å². The number of carboxylic acid groups (broad SMARTS) is 1. The molecule has 3 aromatic rings. The summed E-state index contributed by atoms with van der Waals surface area (Å²) in [5.74, 6) is -3.07. The van der Waals surface area contributed by atoms with Crippen molar-refractivity contribution in [1.82, 2.24) is 9.80 Å². The molecule has 1 aliphatic rings. The van der Waals surface area contributed by atoms with Crippen molar-refractivity contribution >= 4 is 29.2 Å². The van der Waals surface area contributed by atoms with Gasteiger partial charge in [-0.2, -0.15) is 13.2 Å². The molecule has 0 bridgehead atoms. The van der Waals surface area contributed by atoms with Crippen LogP contribution in [0, 0.1) is 5.82 Å². The predicted octanol–water partition coefficient (Wildman–Crippen LogP) is 6.07. The fraction of sp³-hybridized carbons (Fsp3) is 0.286. The number of alkyl halides is 3. The van der Waals surface area contributed by atoms with E-state index in [-0.39, 0.29) is 11.7 Å². The zero-order chi connectivity index (χ0) is 28.4. The first-order valence-electron chi connectivity index (χ1n) is 12.1. The summed E-state index contributed by atoms with van der Waals surface area (Å²) in [6.07, 6.45) is -4.00. The highest BCUT2D eigenvalue weighted by atomic mass is 35.5. The number of amides is 1. The minimum atomic E-state index is -5.08. The minimum Gasteiger partial charge on any atom is -0.475 e. The van der Waals surface area contributed by atoms with Crippen LogP contribution < -0.4 is 5.32 Å². The maximum Gasteiger partial charge on any atom is 0.490 e. The standard InChI is InChI=1S/C26H27ClFN3O.C2HF3O2/c27-23-9-11-25(12-10-23)29-26(32)22-7-5-20(6-8-22)18-30-13-2-14-31(16-15-30)19-21-3-1-4-24(28)17-21;3-2(4,5)1(6)7/h1,3-12,17H,2,13-16,18-19H2,(H,29,32);(H,6,7). The maximum absolute atomic E-state index is 13.5. The van der Waals surface area contributed by atoms with Gasteiger partial charge in [-0.1, -0.05) is 35.9 Å². The molecular formula is C28H28ClF4N3O3. The van der Waals surface area contributed by atoms with Gasteiger partial charge in [0.25, 0.3) is 5.91 Å². The number of aliphatic carboxylic acids is 1. The Kier molecular flexibility index (Phi) is 10.8. The number of anilines is 1. The second-order valence-corrected chi connectivity index (χ2v) is 9.43. The normalized spacial score (nSPS) is 14.6. The molecule has 0 radical (unpaired) electrons. The third kappa shape index (κ3) is 10.3. The molecule has 4 rings (SSSR count). The number of carbonyl (C=O) groups excluding carboxylic acids is 1. The number of carboxylic acids is 1. The Morgan fingerprint density at radius 2 is 1.41 bits per heavy atom. The van der Waals surface area contributed by atoms with E-state index in [1.165, 1.54) is 11.6 Å². The maximum atomic E-state index is 13.5. The van der Waals surface area contributed by atoms with E-state index >= 15 is 0 Å². The van der Waals surface area contributed by atoms with Crippen LogP contribution >= 0.6 is 11.6 Å². The topological polar surface area (TPSA) is 72.9 Å². The fourth-order valence-corrected chi connectivity index (χ4v) is 4.12. The molecule has 39 heavy (non-hydrogen) atoms. The Labute approximate surface area is 228 Å². The van der Waals surface area contributed by atoms with E-state index in [1.54, 1.807) is 36.4 Å². The smallest absolute Gasteiger partial charge is 0.475 e. The summed E-state index contributed by atoms with van der Waals surface area (Å²) in [6, 6.07) is 21.7. The summed E-state index contributed by atoms with van der Waals surface area (Å²) >= 11 is 5.89. The molecule has 0 atom stereocenters. The molecule has 1 aliphatic heterocycles. The van der Waals surface area contributed by atoms with E-state index in [0.29, 0.717) is 10.6 Å². The number of rotatable bonds is 6. The Bertz CT molecular complexity index is 1240. The van der Waals surface area contributed by atoms with Crippen LogP contribution in [0.15, 0.2) is 72.8 Å². The van der Waals surface area contributed by atoms with Gasteiger partial charge < -0.3 is 10.4 Å². The van der Waals surface area contributed by atoms with Crippen LogP contribution in [0.4, 0.5) is 23.2 Å². The lowest BCUT2D eigenvalue weighted by Crippen LogP contribution is -2.30. The van der Waals surface area contributed by atoms with Gasteiger partial charge in [-0.15, -0.1) is 0 Å². The number of nitrogens with zero attached hydrogens (tertiary/aromatic N) is 2. The van der Waals surface area contributed by atoms with Crippen LogP contribution in [0.25, 0.3) is 0 Å². The van der Waals surface area contributed by atoms with Gasteiger partial charge >= 0.3 is 12.1 Å². The van der Waals surface area contributed by atoms with Crippen LogP contribution in [-0.4, -0.2) is 59.1 Å². The Morgan fingerprint density at radius 1 is 0.846 bits per heavy atom. The Morgan fingerprint density at radius 3 is 1.95 bits per heavy atom. The van der Waals surface area contributed by atoms with Crippen LogP contribution in [0.2, 0.25) is 5.02 Å². The number of halogens is 5.